The van der Waals surface area contributed by atoms with Gasteiger partial charge in [-0.3, -0.25) is 4.79 Å². The standard InChI is InChI=1S/C14H8Br3IO2/c15-9-5-11(16)14(12(17)6-9)20-7-13(19)8-1-3-10(18)4-2-8/h1-6H,7H2. The fourth-order valence-electron chi connectivity index (χ4n) is 1.52. The van der Waals surface area contributed by atoms with Gasteiger partial charge in [0.1, 0.15) is 5.75 Å². The first-order valence-electron chi connectivity index (χ1n) is 5.53. The lowest BCUT2D eigenvalue weighted by atomic mass is 10.1. The number of hydrogen-bond donors (Lipinski definition) is 0. The van der Waals surface area contributed by atoms with Crippen LogP contribution >= 0.6 is 70.4 Å². The van der Waals surface area contributed by atoms with Crippen molar-refractivity contribution in [2.45, 2.75) is 0 Å². The van der Waals surface area contributed by atoms with Gasteiger partial charge in [0, 0.05) is 13.6 Å². The van der Waals surface area contributed by atoms with E-state index in [1.807, 2.05) is 24.3 Å². The zero-order valence-electron chi connectivity index (χ0n) is 10.00. The van der Waals surface area contributed by atoms with Crippen molar-refractivity contribution < 1.29 is 9.53 Å². The smallest absolute Gasteiger partial charge is 0.200 e. The van der Waals surface area contributed by atoms with Crippen LogP contribution in [0.15, 0.2) is 49.8 Å². The molecule has 0 N–H and O–H groups in total. The van der Waals surface area contributed by atoms with Crippen LogP contribution in [0, 0.1) is 3.57 Å². The Bertz CT molecular complexity index is 618. The Kier molecular flexibility index (Phi) is 6.07. The van der Waals surface area contributed by atoms with Gasteiger partial charge >= 0.3 is 0 Å². The van der Waals surface area contributed by atoms with Crippen molar-refractivity contribution in [3.63, 3.8) is 0 Å². The Morgan fingerprint density at radius 3 is 2.15 bits per heavy atom. The van der Waals surface area contributed by atoms with E-state index >= 15 is 0 Å². The molecule has 2 aromatic carbocycles. The van der Waals surface area contributed by atoms with Crippen LogP contribution in [0.25, 0.3) is 0 Å². The molecule has 0 heterocycles. The molecule has 0 aliphatic heterocycles. The maximum absolute atomic E-state index is 12.1. The summed E-state index contributed by atoms with van der Waals surface area (Å²) in [7, 11) is 0. The number of Topliss-reactive ketones (excluding diaryl/α,β-unsaturated/α-hetero) is 1. The van der Waals surface area contributed by atoms with Crippen LogP contribution in [0.1, 0.15) is 10.4 Å². The summed E-state index contributed by atoms with van der Waals surface area (Å²) in [4.78, 5) is 12.1. The van der Waals surface area contributed by atoms with Crippen molar-refractivity contribution in [3.05, 3.63) is 58.9 Å². The summed E-state index contributed by atoms with van der Waals surface area (Å²) in [6.45, 7) is -0.000571. The largest absolute Gasteiger partial charge is 0.483 e. The third kappa shape index (κ3) is 4.29. The predicted octanol–water partition coefficient (Wildman–Crippen LogP) is 5.84. The molecule has 0 fully saturated rings. The molecule has 6 heteroatoms. The molecular weight excluding hydrogens is 567 g/mol. The van der Waals surface area contributed by atoms with Crippen LogP contribution < -0.4 is 4.74 Å². The SMILES string of the molecule is O=C(COc1c(Br)cc(Br)cc1Br)c1ccc(I)cc1. The number of rotatable bonds is 4. The lowest BCUT2D eigenvalue weighted by molar-refractivity contribution is 0.0920. The molecule has 0 atom stereocenters. The second-order valence-corrected chi connectivity index (χ2v) is 7.79. The summed E-state index contributed by atoms with van der Waals surface area (Å²) < 4.78 is 9.19. The first-order chi connectivity index (χ1) is 9.47. The molecule has 0 aromatic heterocycles. The van der Waals surface area contributed by atoms with Crippen molar-refractivity contribution in [1.29, 1.82) is 0 Å². The van der Waals surface area contributed by atoms with E-state index in [0.717, 1.165) is 17.0 Å². The lowest BCUT2D eigenvalue weighted by Gasteiger charge is -2.10. The van der Waals surface area contributed by atoms with Gasteiger partial charge in [-0.25, -0.2) is 0 Å². The first kappa shape index (κ1) is 16.5. The van der Waals surface area contributed by atoms with E-state index in [0.29, 0.717) is 11.3 Å². The maximum Gasteiger partial charge on any atom is 0.200 e. The number of hydrogen-bond acceptors (Lipinski definition) is 2. The van der Waals surface area contributed by atoms with Crippen molar-refractivity contribution in [2.75, 3.05) is 6.61 Å². The Morgan fingerprint density at radius 1 is 1.05 bits per heavy atom. The van der Waals surface area contributed by atoms with Crippen LogP contribution in [-0.2, 0) is 0 Å². The fraction of sp³-hybridized carbons (Fsp3) is 0.0714. The number of ketones is 1. The minimum absolute atomic E-state index is 0.000571. The quantitative estimate of drug-likeness (QED) is 0.339. The van der Waals surface area contributed by atoms with E-state index in [1.165, 1.54) is 0 Å². The van der Waals surface area contributed by atoms with Gasteiger partial charge in [0.05, 0.1) is 8.95 Å². The normalized spacial score (nSPS) is 10.4. The van der Waals surface area contributed by atoms with Crippen LogP contribution in [0.3, 0.4) is 0 Å². The van der Waals surface area contributed by atoms with Crippen molar-refractivity contribution in [1.82, 2.24) is 0 Å². The van der Waals surface area contributed by atoms with Crippen molar-refractivity contribution in [3.8, 4) is 5.75 Å². The average molecular weight is 575 g/mol. The molecule has 0 aliphatic carbocycles. The topological polar surface area (TPSA) is 26.3 Å². The van der Waals surface area contributed by atoms with Gasteiger partial charge in [0.15, 0.2) is 12.4 Å². The Hall–Kier alpha value is 0.0800. The second-order valence-electron chi connectivity index (χ2n) is 3.92. The highest BCUT2D eigenvalue weighted by Crippen LogP contribution is 2.36. The molecule has 2 rings (SSSR count). The zero-order valence-corrected chi connectivity index (χ0v) is 16.9. The molecule has 0 bridgehead atoms. The van der Waals surface area contributed by atoms with Crippen molar-refractivity contribution in [2.24, 2.45) is 0 Å². The van der Waals surface area contributed by atoms with Gasteiger partial charge in [-0.2, -0.15) is 0 Å². The predicted molar refractivity (Wildman–Crippen MR) is 98.5 cm³/mol. The number of ether oxygens (including phenoxy) is 1. The van der Waals surface area contributed by atoms with E-state index in [4.69, 9.17) is 4.74 Å². The monoisotopic (exact) mass is 572 g/mol. The van der Waals surface area contributed by atoms with E-state index in [-0.39, 0.29) is 12.4 Å². The lowest BCUT2D eigenvalue weighted by Crippen LogP contribution is -2.12. The molecule has 0 radical (unpaired) electrons. The van der Waals surface area contributed by atoms with Crippen molar-refractivity contribution >= 4 is 76.2 Å². The summed E-state index contributed by atoms with van der Waals surface area (Å²) in [5, 5.41) is 0. The van der Waals surface area contributed by atoms with Crippen LogP contribution in [0.5, 0.6) is 5.75 Å². The van der Waals surface area contributed by atoms with E-state index in [1.54, 1.807) is 12.1 Å². The molecule has 2 aromatic rings. The van der Waals surface area contributed by atoms with Gasteiger partial charge in [0.2, 0.25) is 0 Å². The highest BCUT2D eigenvalue weighted by Gasteiger charge is 2.12. The summed E-state index contributed by atoms with van der Waals surface area (Å²) in [5.41, 5.74) is 0.648. The first-order valence-corrected chi connectivity index (χ1v) is 8.99. The molecule has 0 unspecified atom stereocenters. The molecule has 0 amide bonds. The third-order valence-corrected chi connectivity index (χ3v) is 4.83. The molecule has 104 valence electrons. The van der Waals surface area contributed by atoms with Gasteiger partial charge < -0.3 is 4.74 Å². The van der Waals surface area contributed by atoms with Gasteiger partial charge in [-0.15, -0.1) is 0 Å². The Morgan fingerprint density at radius 2 is 1.60 bits per heavy atom. The van der Waals surface area contributed by atoms with E-state index in [2.05, 4.69) is 70.4 Å². The molecule has 20 heavy (non-hydrogen) atoms. The third-order valence-electron chi connectivity index (χ3n) is 2.48. The molecule has 0 saturated carbocycles. The number of halogens is 4. The second kappa shape index (κ2) is 7.38. The van der Waals surface area contributed by atoms with Crippen LogP contribution in [-0.4, -0.2) is 12.4 Å². The molecular formula is C14H8Br3IO2. The Balaban J connectivity index is 2.09. The van der Waals surface area contributed by atoms with Gasteiger partial charge in [-0.05, 0) is 78.7 Å². The molecule has 0 spiro atoms. The summed E-state index contributed by atoms with van der Waals surface area (Å²) in [6.07, 6.45) is 0. The highest BCUT2D eigenvalue weighted by molar-refractivity contribution is 14.1. The fourth-order valence-corrected chi connectivity index (χ4v) is 4.37. The number of benzene rings is 2. The minimum Gasteiger partial charge on any atom is -0.483 e. The van der Waals surface area contributed by atoms with Crippen LogP contribution in [0.2, 0.25) is 0 Å². The average Bonchev–Trinajstić information content (AvgIpc) is 2.38. The van der Waals surface area contributed by atoms with Gasteiger partial charge in [0.25, 0.3) is 0 Å². The maximum atomic E-state index is 12.1. The molecule has 0 aliphatic rings. The molecule has 0 saturated heterocycles. The van der Waals surface area contributed by atoms with E-state index in [9.17, 15) is 4.79 Å². The minimum atomic E-state index is -0.0527. The highest BCUT2D eigenvalue weighted by atomic mass is 127. The summed E-state index contributed by atoms with van der Waals surface area (Å²) in [6, 6.07) is 11.2. The van der Waals surface area contributed by atoms with Gasteiger partial charge in [-0.1, -0.05) is 28.1 Å². The zero-order chi connectivity index (χ0) is 14.7. The van der Waals surface area contributed by atoms with Crippen LogP contribution in [0.4, 0.5) is 0 Å². The summed E-state index contributed by atoms with van der Waals surface area (Å²) >= 11 is 12.4. The Labute approximate surface area is 155 Å². The van der Waals surface area contributed by atoms with E-state index < -0.39 is 0 Å². The molecule has 2 nitrogen and oxygen atoms in total. The number of carbonyl (C=O) groups is 1. The summed E-state index contributed by atoms with van der Waals surface area (Å²) in [5.74, 6) is 0.565. The number of carbonyl (C=O) groups excluding carboxylic acids is 1.